The number of benzene rings is 1. The lowest BCUT2D eigenvalue weighted by Crippen LogP contribution is -2.47. The van der Waals surface area contributed by atoms with Gasteiger partial charge in [-0.3, -0.25) is 9.88 Å². The third kappa shape index (κ3) is 5.78. The number of anilines is 1. The van der Waals surface area contributed by atoms with Gasteiger partial charge >= 0.3 is 0 Å². The van der Waals surface area contributed by atoms with E-state index in [1.807, 2.05) is 24.3 Å². The van der Waals surface area contributed by atoms with E-state index in [0.717, 1.165) is 50.5 Å². The summed E-state index contributed by atoms with van der Waals surface area (Å²) in [5.74, 6) is 1.67. The van der Waals surface area contributed by atoms with Gasteiger partial charge in [0.2, 0.25) is 5.88 Å². The highest BCUT2D eigenvalue weighted by Gasteiger charge is 2.18. The molecule has 29 heavy (non-hydrogen) atoms. The second-order valence-corrected chi connectivity index (χ2v) is 7.40. The minimum absolute atomic E-state index is 0.508. The van der Waals surface area contributed by atoms with Gasteiger partial charge in [-0.15, -0.1) is 0 Å². The van der Waals surface area contributed by atoms with Crippen molar-refractivity contribution in [3.63, 3.8) is 0 Å². The average molecular weight is 389 g/mol. The highest BCUT2D eigenvalue weighted by molar-refractivity contribution is 5.41. The Morgan fingerprint density at radius 1 is 0.793 bits per heavy atom. The minimum Gasteiger partial charge on any atom is -0.473 e. The summed E-state index contributed by atoms with van der Waals surface area (Å²) in [4.78, 5) is 13.7. The SMILES string of the molecule is c1ccc(CCCN2CCN(c3cccc(OCc4ccncc4)n3)CC2)cc1. The number of rotatable bonds is 8. The van der Waals surface area contributed by atoms with Crippen molar-refractivity contribution in [1.82, 2.24) is 14.9 Å². The van der Waals surface area contributed by atoms with Crippen molar-refractivity contribution in [1.29, 1.82) is 0 Å². The molecule has 1 aromatic carbocycles. The van der Waals surface area contributed by atoms with Crippen LogP contribution in [0.25, 0.3) is 0 Å². The van der Waals surface area contributed by atoms with Gasteiger partial charge < -0.3 is 9.64 Å². The van der Waals surface area contributed by atoms with Crippen LogP contribution in [0.15, 0.2) is 73.1 Å². The van der Waals surface area contributed by atoms with Crippen LogP contribution in [0.3, 0.4) is 0 Å². The lowest BCUT2D eigenvalue weighted by Gasteiger charge is -2.35. The first-order valence-corrected chi connectivity index (χ1v) is 10.4. The fourth-order valence-electron chi connectivity index (χ4n) is 3.65. The van der Waals surface area contributed by atoms with Crippen molar-refractivity contribution < 1.29 is 4.74 Å². The second-order valence-electron chi connectivity index (χ2n) is 7.40. The molecule has 5 heteroatoms. The van der Waals surface area contributed by atoms with Crippen molar-refractivity contribution in [3.8, 4) is 5.88 Å². The number of pyridine rings is 2. The third-order valence-electron chi connectivity index (χ3n) is 5.32. The molecular weight excluding hydrogens is 360 g/mol. The maximum atomic E-state index is 5.86. The van der Waals surface area contributed by atoms with E-state index in [9.17, 15) is 0 Å². The molecule has 1 fully saturated rings. The summed E-state index contributed by atoms with van der Waals surface area (Å²) < 4.78 is 5.86. The van der Waals surface area contributed by atoms with Gasteiger partial charge in [-0.2, -0.15) is 4.98 Å². The molecule has 1 saturated heterocycles. The summed E-state index contributed by atoms with van der Waals surface area (Å²) in [5, 5.41) is 0. The predicted molar refractivity (Wildman–Crippen MR) is 116 cm³/mol. The van der Waals surface area contributed by atoms with Gasteiger partial charge in [-0.05, 0) is 48.7 Å². The Labute approximate surface area is 173 Å². The van der Waals surface area contributed by atoms with E-state index in [1.165, 1.54) is 12.0 Å². The monoisotopic (exact) mass is 388 g/mol. The number of piperazine rings is 1. The Morgan fingerprint density at radius 2 is 1.59 bits per heavy atom. The Hall–Kier alpha value is -2.92. The molecule has 0 saturated carbocycles. The van der Waals surface area contributed by atoms with Crippen LogP contribution >= 0.6 is 0 Å². The summed E-state index contributed by atoms with van der Waals surface area (Å²) in [5.41, 5.74) is 2.52. The lowest BCUT2D eigenvalue weighted by molar-refractivity contribution is 0.253. The maximum absolute atomic E-state index is 5.86. The zero-order valence-electron chi connectivity index (χ0n) is 16.8. The zero-order valence-corrected chi connectivity index (χ0v) is 16.8. The Morgan fingerprint density at radius 3 is 2.38 bits per heavy atom. The topological polar surface area (TPSA) is 41.5 Å². The summed E-state index contributed by atoms with van der Waals surface area (Å²) in [6.07, 6.45) is 5.92. The molecule has 0 atom stereocenters. The molecule has 3 aromatic rings. The van der Waals surface area contributed by atoms with E-state index in [2.05, 4.69) is 51.2 Å². The molecule has 0 amide bonds. The minimum atomic E-state index is 0.508. The molecule has 5 nitrogen and oxygen atoms in total. The summed E-state index contributed by atoms with van der Waals surface area (Å²) in [6.45, 7) is 5.84. The first-order chi connectivity index (χ1) is 14.4. The second kappa shape index (κ2) is 10.0. The third-order valence-corrected chi connectivity index (χ3v) is 5.32. The van der Waals surface area contributed by atoms with Gasteiger partial charge in [-0.25, -0.2) is 0 Å². The van der Waals surface area contributed by atoms with Crippen LogP contribution in [0, 0.1) is 0 Å². The van der Waals surface area contributed by atoms with Crippen molar-refractivity contribution >= 4 is 5.82 Å². The van der Waals surface area contributed by atoms with E-state index in [1.54, 1.807) is 12.4 Å². The Kier molecular flexibility index (Phi) is 6.71. The molecule has 2 aromatic heterocycles. The van der Waals surface area contributed by atoms with Gasteiger partial charge in [0.05, 0.1) is 0 Å². The summed E-state index contributed by atoms with van der Waals surface area (Å²) in [6, 6.07) is 20.7. The first kappa shape index (κ1) is 19.4. The smallest absolute Gasteiger partial charge is 0.215 e. The molecule has 1 aliphatic heterocycles. The van der Waals surface area contributed by atoms with Crippen LogP contribution in [0.5, 0.6) is 5.88 Å². The largest absolute Gasteiger partial charge is 0.473 e. The summed E-state index contributed by atoms with van der Waals surface area (Å²) in [7, 11) is 0. The van der Waals surface area contributed by atoms with Crippen molar-refractivity contribution in [2.45, 2.75) is 19.4 Å². The van der Waals surface area contributed by atoms with Crippen LogP contribution in [-0.4, -0.2) is 47.6 Å². The Bertz CT molecular complexity index is 864. The average Bonchev–Trinajstić information content (AvgIpc) is 2.80. The van der Waals surface area contributed by atoms with Crippen LogP contribution in [0.4, 0.5) is 5.82 Å². The van der Waals surface area contributed by atoms with E-state index < -0.39 is 0 Å². The van der Waals surface area contributed by atoms with Crippen LogP contribution < -0.4 is 9.64 Å². The van der Waals surface area contributed by atoms with E-state index in [0.29, 0.717) is 12.5 Å². The van der Waals surface area contributed by atoms with Gasteiger partial charge in [-0.1, -0.05) is 36.4 Å². The standard InChI is InChI=1S/C24H28N4O/c1-2-6-21(7-3-1)8-5-15-27-16-18-28(19-17-27)23-9-4-10-24(26-23)29-20-22-11-13-25-14-12-22/h1-4,6-7,9-14H,5,8,15-20H2. The van der Waals surface area contributed by atoms with E-state index in [4.69, 9.17) is 9.72 Å². The highest BCUT2D eigenvalue weighted by Crippen LogP contribution is 2.19. The molecule has 150 valence electrons. The van der Waals surface area contributed by atoms with Crippen LogP contribution in [0.1, 0.15) is 17.5 Å². The van der Waals surface area contributed by atoms with Crippen molar-refractivity contribution in [2.75, 3.05) is 37.6 Å². The van der Waals surface area contributed by atoms with Gasteiger partial charge in [0, 0.05) is 44.6 Å². The first-order valence-electron chi connectivity index (χ1n) is 10.4. The zero-order chi connectivity index (χ0) is 19.7. The number of hydrogen-bond acceptors (Lipinski definition) is 5. The molecule has 4 rings (SSSR count). The number of aromatic nitrogens is 2. The molecule has 0 bridgehead atoms. The van der Waals surface area contributed by atoms with Gasteiger partial charge in [0.15, 0.2) is 0 Å². The molecule has 0 spiro atoms. The quantitative estimate of drug-likeness (QED) is 0.587. The normalized spacial score (nSPS) is 14.7. The molecule has 3 heterocycles. The lowest BCUT2D eigenvalue weighted by atomic mass is 10.1. The van der Waals surface area contributed by atoms with E-state index in [-0.39, 0.29) is 0 Å². The molecular formula is C24H28N4O. The predicted octanol–water partition coefficient (Wildman–Crippen LogP) is 3.81. The van der Waals surface area contributed by atoms with Gasteiger partial charge in [0.1, 0.15) is 12.4 Å². The molecule has 1 aliphatic rings. The number of aryl methyl sites for hydroxylation is 1. The number of nitrogens with zero attached hydrogens (tertiary/aromatic N) is 4. The molecule has 0 aliphatic carbocycles. The maximum Gasteiger partial charge on any atom is 0.215 e. The summed E-state index contributed by atoms with van der Waals surface area (Å²) >= 11 is 0. The number of ether oxygens (including phenoxy) is 1. The molecule has 0 radical (unpaired) electrons. The van der Waals surface area contributed by atoms with Crippen LogP contribution in [-0.2, 0) is 13.0 Å². The van der Waals surface area contributed by atoms with E-state index >= 15 is 0 Å². The fraction of sp³-hybridized carbons (Fsp3) is 0.333. The Balaban J connectivity index is 1.23. The number of hydrogen-bond donors (Lipinski definition) is 0. The highest BCUT2D eigenvalue weighted by atomic mass is 16.5. The van der Waals surface area contributed by atoms with Crippen molar-refractivity contribution in [3.05, 3.63) is 84.2 Å². The van der Waals surface area contributed by atoms with Gasteiger partial charge in [0.25, 0.3) is 0 Å². The molecule has 0 N–H and O–H groups in total. The van der Waals surface area contributed by atoms with Crippen molar-refractivity contribution in [2.24, 2.45) is 0 Å². The molecule has 0 unspecified atom stereocenters. The fourth-order valence-corrected chi connectivity index (χ4v) is 3.65. The van der Waals surface area contributed by atoms with Crippen LogP contribution in [0.2, 0.25) is 0 Å².